The first-order valence-corrected chi connectivity index (χ1v) is 7.07. The van der Waals surface area contributed by atoms with Crippen LogP contribution in [0.1, 0.15) is 11.4 Å². The highest BCUT2D eigenvalue weighted by molar-refractivity contribution is 5.74. The maximum absolute atomic E-state index is 9.09. The van der Waals surface area contributed by atoms with Crippen molar-refractivity contribution in [3.63, 3.8) is 0 Å². The van der Waals surface area contributed by atoms with E-state index in [4.69, 9.17) is 10.00 Å². The van der Waals surface area contributed by atoms with Crippen LogP contribution < -0.4 is 10.1 Å². The third-order valence-electron chi connectivity index (χ3n) is 3.07. The predicted octanol–water partition coefficient (Wildman–Crippen LogP) is 2.15. The molecule has 0 aliphatic rings. The van der Waals surface area contributed by atoms with Crippen molar-refractivity contribution >= 4 is 11.3 Å². The van der Waals surface area contributed by atoms with Crippen molar-refractivity contribution in [3.8, 4) is 11.8 Å². The molecule has 0 aliphatic carbocycles. The maximum atomic E-state index is 9.09. The molecule has 0 amide bonds. The minimum absolute atomic E-state index is 0.237. The minimum atomic E-state index is 0.237. The number of tetrazole rings is 1. The molecule has 0 atom stereocenters. The second-order valence-electron chi connectivity index (χ2n) is 4.72. The maximum Gasteiger partial charge on any atom is 0.216 e. The SMILES string of the molecule is N#CC(=CNc1ccc(OCc2cccnc2)cc1)c1nn[nH]n1. The number of rotatable bonds is 6. The number of hydrogen-bond donors (Lipinski definition) is 2. The zero-order valence-electron chi connectivity index (χ0n) is 12.5. The van der Waals surface area contributed by atoms with Crippen molar-refractivity contribution in [3.05, 3.63) is 66.4 Å². The van der Waals surface area contributed by atoms with Gasteiger partial charge < -0.3 is 10.1 Å². The number of benzene rings is 1. The van der Waals surface area contributed by atoms with Gasteiger partial charge in [0.1, 0.15) is 24.0 Å². The Kier molecular flexibility index (Phi) is 4.75. The molecule has 3 aromatic rings. The number of nitrogens with zero attached hydrogens (tertiary/aromatic N) is 5. The van der Waals surface area contributed by atoms with E-state index in [1.807, 2.05) is 42.5 Å². The number of nitrogens with one attached hydrogen (secondary N) is 2. The van der Waals surface area contributed by atoms with Crippen LogP contribution in [0.2, 0.25) is 0 Å². The summed E-state index contributed by atoms with van der Waals surface area (Å²) in [5, 5.41) is 25.4. The summed E-state index contributed by atoms with van der Waals surface area (Å²) in [5.41, 5.74) is 2.09. The lowest BCUT2D eigenvalue weighted by Crippen LogP contribution is -1.96. The monoisotopic (exact) mass is 319 g/mol. The summed E-state index contributed by atoms with van der Waals surface area (Å²) in [7, 11) is 0. The van der Waals surface area contributed by atoms with Crippen LogP contribution >= 0.6 is 0 Å². The fourth-order valence-corrected chi connectivity index (χ4v) is 1.88. The molecule has 0 saturated carbocycles. The predicted molar refractivity (Wildman–Crippen MR) is 86.4 cm³/mol. The van der Waals surface area contributed by atoms with Crippen molar-refractivity contribution in [2.45, 2.75) is 6.61 Å². The Bertz CT molecular complexity index is 836. The molecule has 0 fully saturated rings. The molecule has 0 spiro atoms. The Hall–Kier alpha value is -3.73. The first kappa shape index (κ1) is 15.2. The van der Waals surface area contributed by atoms with Crippen molar-refractivity contribution in [1.29, 1.82) is 5.26 Å². The number of anilines is 1. The number of hydrogen-bond acceptors (Lipinski definition) is 7. The summed E-state index contributed by atoms with van der Waals surface area (Å²) in [6.07, 6.45) is 5.01. The third kappa shape index (κ3) is 3.92. The van der Waals surface area contributed by atoms with E-state index < -0.39 is 0 Å². The van der Waals surface area contributed by atoms with Gasteiger partial charge in [0.25, 0.3) is 0 Å². The zero-order chi connectivity index (χ0) is 16.6. The molecule has 24 heavy (non-hydrogen) atoms. The lowest BCUT2D eigenvalue weighted by molar-refractivity contribution is 0.306. The van der Waals surface area contributed by atoms with Crippen LogP contribution in [-0.4, -0.2) is 25.6 Å². The molecular formula is C16H13N7O. The number of aromatic amines is 1. The Morgan fingerprint density at radius 2 is 2.17 bits per heavy atom. The van der Waals surface area contributed by atoms with Crippen LogP contribution in [0.25, 0.3) is 5.57 Å². The van der Waals surface area contributed by atoms with Gasteiger partial charge in [0.05, 0.1) is 0 Å². The van der Waals surface area contributed by atoms with Gasteiger partial charge in [0.15, 0.2) is 0 Å². The second-order valence-corrected chi connectivity index (χ2v) is 4.72. The Morgan fingerprint density at radius 1 is 1.29 bits per heavy atom. The van der Waals surface area contributed by atoms with E-state index in [2.05, 4.69) is 30.9 Å². The van der Waals surface area contributed by atoms with Gasteiger partial charge in [-0.25, -0.2) is 0 Å². The van der Waals surface area contributed by atoms with Crippen LogP contribution in [0.15, 0.2) is 55.0 Å². The van der Waals surface area contributed by atoms with Crippen LogP contribution in [0.4, 0.5) is 5.69 Å². The van der Waals surface area contributed by atoms with Gasteiger partial charge in [0.2, 0.25) is 5.82 Å². The summed E-state index contributed by atoms with van der Waals surface area (Å²) >= 11 is 0. The first-order valence-electron chi connectivity index (χ1n) is 7.07. The number of allylic oxidation sites excluding steroid dienone is 1. The standard InChI is InChI=1S/C16H13N7O/c17-8-13(16-20-22-23-21-16)10-19-14-3-5-15(6-4-14)24-11-12-2-1-7-18-9-12/h1-7,9-10,19H,11H2,(H,20,21,22,23). The van der Waals surface area contributed by atoms with E-state index in [1.165, 1.54) is 6.20 Å². The normalized spacial score (nSPS) is 10.9. The summed E-state index contributed by atoms with van der Waals surface area (Å²) in [6.45, 7) is 0.455. The van der Waals surface area contributed by atoms with E-state index in [1.54, 1.807) is 12.4 Å². The molecule has 2 heterocycles. The smallest absolute Gasteiger partial charge is 0.216 e. The molecular weight excluding hydrogens is 306 g/mol. The Balaban J connectivity index is 1.59. The zero-order valence-corrected chi connectivity index (χ0v) is 12.5. The average Bonchev–Trinajstić information content (AvgIpc) is 3.17. The summed E-state index contributed by atoms with van der Waals surface area (Å²) in [6, 6.07) is 13.2. The van der Waals surface area contributed by atoms with Crippen LogP contribution in [0.3, 0.4) is 0 Å². The van der Waals surface area contributed by atoms with E-state index in [-0.39, 0.29) is 11.4 Å². The average molecular weight is 319 g/mol. The van der Waals surface area contributed by atoms with E-state index in [0.29, 0.717) is 6.61 Å². The van der Waals surface area contributed by atoms with Gasteiger partial charge in [-0.05, 0) is 35.5 Å². The molecule has 8 nitrogen and oxygen atoms in total. The van der Waals surface area contributed by atoms with Crippen LogP contribution in [0, 0.1) is 11.3 Å². The van der Waals surface area contributed by atoms with Gasteiger partial charge in [-0.3, -0.25) is 4.98 Å². The number of pyridine rings is 1. The molecule has 0 aliphatic heterocycles. The van der Waals surface area contributed by atoms with Gasteiger partial charge in [-0.15, -0.1) is 10.2 Å². The molecule has 2 N–H and O–H groups in total. The van der Waals surface area contributed by atoms with E-state index >= 15 is 0 Å². The summed E-state index contributed by atoms with van der Waals surface area (Å²) in [5.74, 6) is 0.980. The lowest BCUT2D eigenvalue weighted by Gasteiger charge is -2.07. The quantitative estimate of drug-likeness (QED) is 0.669. The van der Waals surface area contributed by atoms with E-state index in [9.17, 15) is 0 Å². The molecule has 8 heteroatoms. The van der Waals surface area contributed by atoms with E-state index in [0.717, 1.165) is 17.0 Å². The Morgan fingerprint density at radius 3 is 2.83 bits per heavy atom. The number of aromatic nitrogens is 5. The first-order chi connectivity index (χ1) is 11.8. The lowest BCUT2D eigenvalue weighted by atomic mass is 10.2. The third-order valence-corrected chi connectivity index (χ3v) is 3.07. The summed E-state index contributed by atoms with van der Waals surface area (Å²) in [4.78, 5) is 4.04. The van der Waals surface area contributed by atoms with Crippen molar-refractivity contribution in [2.75, 3.05) is 5.32 Å². The highest BCUT2D eigenvalue weighted by atomic mass is 16.5. The molecule has 0 saturated heterocycles. The molecule has 1 aromatic carbocycles. The molecule has 0 unspecified atom stereocenters. The molecule has 2 aromatic heterocycles. The number of nitriles is 1. The highest BCUT2D eigenvalue weighted by Gasteiger charge is 2.05. The van der Waals surface area contributed by atoms with Crippen molar-refractivity contribution in [2.24, 2.45) is 0 Å². The van der Waals surface area contributed by atoms with Crippen LogP contribution in [0.5, 0.6) is 5.75 Å². The molecule has 0 bridgehead atoms. The number of ether oxygens (including phenoxy) is 1. The fraction of sp³-hybridized carbons (Fsp3) is 0.0625. The van der Waals surface area contributed by atoms with Gasteiger partial charge in [0, 0.05) is 29.8 Å². The molecule has 118 valence electrons. The van der Waals surface area contributed by atoms with Gasteiger partial charge >= 0.3 is 0 Å². The molecule has 3 rings (SSSR count). The van der Waals surface area contributed by atoms with Crippen LogP contribution in [-0.2, 0) is 6.61 Å². The minimum Gasteiger partial charge on any atom is -0.489 e. The van der Waals surface area contributed by atoms with Crippen molar-refractivity contribution in [1.82, 2.24) is 25.6 Å². The molecule has 0 radical (unpaired) electrons. The van der Waals surface area contributed by atoms with Crippen molar-refractivity contribution < 1.29 is 4.74 Å². The van der Waals surface area contributed by atoms with Gasteiger partial charge in [-0.2, -0.15) is 10.5 Å². The Labute approximate surface area is 137 Å². The fourth-order valence-electron chi connectivity index (χ4n) is 1.88. The highest BCUT2D eigenvalue weighted by Crippen LogP contribution is 2.17. The largest absolute Gasteiger partial charge is 0.489 e. The second kappa shape index (κ2) is 7.51. The summed E-state index contributed by atoms with van der Waals surface area (Å²) < 4.78 is 5.68. The topological polar surface area (TPSA) is 112 Å². The number of H-pyrrole nitrogens is 1. The van der Waals surface area contributed by atoms with Gasteiger partial charge in [-0.1, -0.05) is 6.07 Å².